The highest BCUT2D eigenvalue weighted by Gasteiger charge is 2.46. The molecule has 0 unspecified atom stereocenters. The highest BCUT2D eigenvalue weighted by molar-refractivity contribution is 6.46. The van der Waals surface area contributed by atoms with Crippen molar-refractivity contribution in [3.05, 3.63) is 89.0 Å². The van der Waals surface area contributed by atoms with Crippen molar-refractivity contribution in [1.29, 1.82) is 0 Å². The predicted octanol–water partition coefficient (Wildman–Crippen LogP) is 4.89. The van der Waals surface area contributed by atoms with Crippen molar-refractivity contribution in [2.24, 2.45) is 0 Å². The van der Waals surface area contributed by atoms with Crippen molar-refractivity contribution in [2.75, 3.05) is 40.1 Å². The van der Waals surface area contributed by atoms with E-state index in [1.807, 2.05) is 37.3 Å². The standard InChI is InChI=1S/C32H33NO8/c1-3-38-26-18-22(10-12-25(26)41-20-21-8-5-4-6-9-21)29-28(31(35)32(36)33(29)14-7-15-37-2)30(34)23-11-13-24-27(19-23)40-17-16-39-24/h4-6,8-13,18-19,29,34H,3,7,14-17,20H2,1-2H3/t29-/m0/s1. The van der Waals surface area contributed by atoms with Crippen molar-refractivity contribution in [2.45, 2.75) is 26.0 Å². The number of carbonyl (C=O) groups excluding carboxylic acids is 2. The molecule has 41 heavy (non-hydrogen) atoms. The van der Waals surface area contributed by atoms with Crippen molar-refractivity contribution in [1.82, 2.24) is 4.90 Å². The molecule has 0 spiro atoms. The summed E-state index contributed by atoms with van der Waals surface area (Å²) >= 11 is 0. The zero-order valence-electron chi connectivity index (χ0n) is 23.1. The van der Waals surface area contributed by atoms with Crippen LogP contribution in [0.2, 0.25) is 0 Å². The van der Waals surface area contributed by atoms with Gasteiger partial charge in [-0.1, -0.05) is 36.4 Å². The first kappa shape index (κ1) is 28.0. The number of aliphatic hydroxyl groups excluding tert-OH is 1. The van der Waals surface area contributed by atoms with Crippen LogP contribution in [0.5, 0.6) is 23.0 Å². The zero-order chi connectivity index (χ0) is 28.8. The van der Waals surface area contributed by atoms with E-state index in [1.165, 1.54) is 4.90 Å². The van der Waals surface area contributed by atoms with Crippen molar-refractivity contribution < 1.29 is 38.4 Å². The second kappa shape index (κ2) is 12.8. The van der Waals surface area contributed by atoms with Crippen LogP contribution in [0.15, 0.2) is 72.3 Å². The van der Waals surface area contributed by atoms with Gasteiger partial charge in [0.15, 0.2) is 23.0 Å². The summed E-state index contributed by atoms with van der Waals surface area (Å²) in [5.74, 6) is 0.281. The average Bonchev–Trinajstić information content (AvgIpc) is 3.25. The fourth-order valence-electron chi connectivity index (χ4n) is 5.00. The first-order valence-corrected chi connectivity index (χ1v) is 13.6. The van der Waals surface area contributed by atoms with Crippen LogP contribution in [0.4, 0.5) is 0 Å². The van der Waals surface area contributed by atoms with Crippen LogP contribution in [0, 0.1) is 0 Å². The molecule has 1 N–H and O–H groups in total. The number of amides is 1. The number of fused-ring (bicyclic) bond motifs is 1. The van der Waals surface area contributed by atoms with Gasteiger partial charge in [0, 0.05) is 25.8 Å². The Morgan fingerprint density at radius 2 is 1.73 bits per heavy atom. The minimum absolute atomic E-state index is 0.00972. The largest absolute Gasteiger partial charge is 0.507 e. The first-order valence-electron chi connectivity index (χ1n) is 13.6. The number of benzene rings is 3. The summed E-state index contributed by atoms with van der Waals surface area (Å²) in [6.07, 6.45) is 0.515. The van der Waals surface area contributed by atoms with Gasteiger partial charge in [-0.2, -0.15) is 0 Å². The molecular weight excluding hydrogens is 526 g/mol. The highest BCUT2D eigenvalue weighted by atomic mass is 16.6. The van der Waals surface area contributed by atoms with Gasteiger partial charge in [-0.25, -0.2) is 0 Å². The Balaban J connectivity index is 1.55. The van der Waals surface area contributed by atoms with Gasteiger partial charge in [0.2, 0.25) is 0 Å². The molecule has 9 nitrogen and oxygen atoms in total. The molecule has 0 saturated carbocycles. The Kier molecular flexibility index (Phi) is 8.74. The predicted molar refractivity (Wildman–Crippen MR) is 151 cm³/mol. The molecule has 2 heterocycles. The first-order chi connectivity index (χ1) is 20.0. The number of ether oxygens (including phenoxy) is 5. The fourth-order valence-corrected chi connectivity index (χ4v) is 5.00. The SMILES string of the molecule is CCOc1cc([C@H]2C(=C(O)c3ccc4c(c3)OCCO4)C(=O)C(=O)N2CCCOC)ccc1OCc1ccccc1. The molecule has 0 bridgehead atoms. The van der Waals surface area contributed by atoms with E-state index in [1.54, 1.807) is 43.5 Å². The Bertz CT molecular complexity index is 1430. The number of methoxy groups -OCH3 is 1. The van der Waals surface area contributed by atoms with E-state index in [0.717, 1.165) is 5.56 Å². The lowest BCUT2D eigenvalue weighted by Crippen LogP contribution is -2.31. The molecule has 0 aromatic heterocycles. The number of likely N-dealkylation sites (tertiary alicyclic amines) is 1. The molecule has 1 fully saturated rings. The monoisotopic (exact) mass is 559 g/mol. The molecule has 0 radical (unpaired) electrons. The number of hydrogen-bond donors (Lipinski definition) is 1. The smallest absolute Gasteiger partial charge is 0.295 e. The number of Topliss-reactive ketones (excluding diaryl/α,β-unsaturated/α-hetero) is 1. The summed E-state index contributed by atoms with van der Waals surface area (Å²) in [4.78, 5) is 28.2. The number of carbonyl (C=O) groups is 2. The number of rotatable bonds is 11. The Morgan fingerprint density at radius 1 is 0.951 bits per heavy atom. The second-order valence-electron chi connectivity index (χ2n) is 9.61. The van der Waals surface area contributed by atoms with Crippen LogP contribution in [0.3, 0.4) is 0 Å². The topological polar surface area (TPSA) is 104 Å². The van der Waals surface area contributed by atoms with Crippen LogP contribution >= 0.6 is 0 Å². The van der Waals surface area contributed by atoms with Crippen molar-refractivity contribution in [3.8, 4) is 23.0 Å². The number of hydrogen-bond acceptors (Lipinski definition) is 8. The van der Waals surface area contributed by atoms with E-state index in [4.69, 9.17) is 23.7 Å². The van der Waals surface area contributed by atoms with E-state index >= 15 is 0 Å². The maximum Gasteiger partial charge on any atom is 0.295 e. The van der Waals surface area contributed by atoms with E-state index in [-0.39, 0.29) is 17.9 Å². The minimum atomic E-state index is -0.845. The number of nitrogens with zero attached hydrogens (tertiary/aromatic N) is 1. The molecule has 1 atom stereocenters. The third kappa shape index (κ3) is 6.00. The van der Waals surface area contributed by atoms with Gasteiger partial charge >= 0.3 is 0 Å². The molecule has 9 heteroatoms. The molecule has 2 aliphatic rings. The zero-order valence-corrected chi connectivity index (χ0v) is 23.1. The lowest BCUT2D eigenvalue weighted by molar-refractivity contribution is -0.140. The number of aliphatic hydroxyl groups is 1. The van der Waals surface area contributed by atoms with Gasteiger partial charge in [0.1, 0.15) is 25.6 Å². The van der Waals surface area contributed by atoms with E-state index in [0.29, 0.717) is 73.6 Å². The molecule has 0 aliphatic carbocycles. The van der Waals surface area contributed by atoms with Gasteiger partial charge < -0.3 is 33.7 Å². The van der Waals surface area contributed by atoms with E-state index in [2.05, 4.69) is 0 Å². The van der Waals surface area contributed by atoms with Gasteiger partial charge in [-0.3, -0.25) is 9.59 Å². The number of ketones is 1. The van der Waals surface area contributed by atoms with E-state index < -0.39 is 17.7 Å². The second-order valence-corrected chi connectivity index (χ2v) is 9.61. The third-order valence-corrected chi connectivity index (χ3v) is 6.92. The molecule has 3 aromatic carbocycles. The maximum absolute atomic E-state index is 13.4. The van der Waals surface area contributed by atoms with E-state index in [9.17, 15) is 14.7 Å². The van der Waals surface area contributed by atoms with Crippen LogP contribution in [-0.2, 0) is 20.9 Å². The van der Waals surface area contributed by atoms with Gasteiger partial charge in [0.25, 0.3) is 11.7 Å². The van der Waals surface area contributed by atoms with Crippen molar-refractivity contribution >= 4 is 17.4 Å². The average molecular weight is 560 g/mol. The molecular formula is C32H33NO8. The molecule has 1 amide bonds. The Morgan fingerprint density at radius 3 is 2.49 bits per heavy atom. The summed E-state index contributed by atoms with van der Waals surface area (Å²) < 4.78 is 28.4. The summed E-state index contributed by atoms with van der Waals surface area (Å²) in [5.41, 5.74) is 1.95. The van der Waals surface area contributed by atoms with Crippen molar-refractivity contribution in [3.63, 3.8) is 0 Å². The fraction of sp³-hybridized carbons (Fsp3) is 0.312. The summed E-state index contributed by atoms with van der Waals surface area (Å²) in [6.45, 7) is 4.08. The molecule has 1 saturated heterocycles. The lowest BCUT2D eigenvalue weighted by atomic mass is 9.94. The van der Waals surface area contributed by atoms with Gasteiger partial charge in [-0.15, -0.1) is 0 Å². The summed E-state index contributed by atoms with van der Waals surface area (Å²) in [5, 5.41) is 11.5. The highest BCUT2D eigenvalue weighted by Crippen LogP contribution is 2.43. The van der Waals surface area contributed by atoms with Crippen LogP contribution < -0.4 is 18.9 Å². The molecule has 2 aliphatic heterocycles. The summed E-state index contributed by atoms with van der Waals surface area (Å²) in [6, 6.07) is 19.2. The van der Waals surface area contributed by atoms with Crippen LogP contribution in [-0.4, -0.2) is 61.8 Å². The molecule has 214 valence electrons. The molecule has 5 rings (SSSR count). The van der Waals surface area contributed by atoms with Gasteiger partial charge in [0.05, 0.1) is 18.2 Å². The van der Waals surface area contributed by atoms with Crippen LogP contribution in [0.25, 0.3) is 5.76 Å². The summed E-state index contributed by atoms with van der Waals surface area (Å²) in [7, 11) is 1.58. The normalized spacial score (nSPS) is 17.5. The Labute approximate surface area is 238 Å². The van der Waals surface area contributed by atoms with Gasteiger partial charge in [-0.05, 0) is 54.8 Å². The molecule has 3 aromatic rings. The Hall–Kier alpha value is -4.50. The lowest BCUT2D eigenvalue weighted by Gasteiger charge is -2.26. The maximum atomic E-state index is 13.4. The minimum Gasteiger partial charge on any atom is -0.507 e. The third-order valence-electron chi connectivity index (χ3n) is 6.92. The quantitative estimate of drug-likeness (QED) is 0.153. The van der Waals surface area contributed by atoms with Crippen LogP contribution in [0.1, 0.15) is 36.1 Å².